The van der Waals surface area contributed by atoms with Crippen LogP contribution >= 0.6 is 11.6 Å². The molecular weight excluding hydrogens is 364 g/mol. The van der Waals surface area contributed by atoms with Gasteiger partial charge in [-0.3, -0.25) is 4.79 Å². The van der Waals surface area contributed by atoms with Crippen molar-refractivity contribution in [2.75, 3.05) is 43.1 Å². The summed E-state index contributed by atoms with van der Waals surface area (Å²) in [4.78, 5) is 14.7. The van der Waals surface area contributed by atoms with Gasteiger partial charge >= 0.3 is 0 Å². The Labute approximate surface area is 164 Å². The van der Waals surface area contributed by atoms with E-state index in [4.69, 9.17) is 21.1 Å². The summed E-state index contributed by atoms with van der Waals surface area (Å²) in [6.07, 6.45) is 3.25. The summed E-state index contributed by atoms with van der Waals surface area (Å²) in [7, 11) is 0. The zero-order chi connectivity index (χ0) is 19.1. The van der Waals surface area contributed by atoms with Crippen LogP contribution in [-0.2, 0) is 9.53 Å². The number of hydrogen-bond donors (Lipinski definition) is 1. The molecule has 1 heterocycles. The molecular formula is C21H23ClN2O3. The number of ether oxygens (including phenoxy) is 2. The molecule has 2 aromatic carbocycles. The molecule has 0 aliphatic carbocycles. The molecule has 2 aromatic rings. The standard InChI is InChI=1S/C21H23ClN2O3/c1-2-27-20-6-4-3-5-16(20)7-10-21(25)23-18-15-17(22)8-9-19(18)24-11-13-26-14-12-24/h3-10,15H,2,11-14H2,1H3,(H,23,25)/b10-7+. The normalized spacial score (nSPS) is 14.4. The molecule has 0 saturated carbocycles. The SMILES string of the molecule is CCOc1ccccc1/C=C/C(=O)Nc1cc(Cl)ccc1N1CCOCC1. The van der Waals surface area contributed by atoms with Crippen molar-refractivity contribution in [2.45, 2.75) is 6.92 Å². The van der Waals surface area contributed by atoms with E-state index in [1.54, 1.807) is 12.1 Å². The molecule has 27 heavy (non-hydrogen) atoms. The van der Waals surface area contributed by atoms with Gasteiger partial charge in [0.15, 0.2) is 0 Å². The highest BCUT2D eigenvalue weighted by molar-refractivity contribution is 6.31. The first-order valence-corrected chi connectivity index (χ1v) is 9.38. The first kappa shape index (κ1) is 19.3. The molecule has 1 N–H and O–H groups in total. The molecule has 0 atom stereocenters. The lowest BCUT2D eigenvalue weighted by molar-refractivity contribution is -0.111. The molecule has 3 rings (SSSR count). The lowest BCUT2D eigenvalue weighted by Crippen LogP contribution is -2.36. The molecule has 142 valence electrons. The maximum Gasteiger partial charge on any atom is 0.248 e. The number of amides is 1. The Morgan fingerprint density at radius 2 is 2.04 bits per heavy atom. The fourth-order valence-electron chi connectivity index (χ4n) is 2.93. The number of carbonyl (C=O) groups excluding carboxylic acids is 1. The fourth-order valence-corrected chi connectivity index (χ4v) is 3.11. The quantitative estimate of drug-likeness (QED) is 0.755. The summed E-state index contributed by atoms with van der Waals surface area (Å²) in [5.41, 5.74) is 2.49. The van der Waals surface area contributed by atoms with Crippen LogP contribution in [0.5, 0.6) is 5.75 Å². The van der Waals surface area contributed by atoms with Gasteiger partial charge in [0.05, 0.1) is 31.2 Å². The third-order valence-corrected chi connectivity index (χ3v) is 4.44. The summed E-state index contributed by atoms with van der Waals surface area (Å²) in [5.74, 6) is 0.527. The van der Waals surface area contributed by atoms with Crippen molar-refractivity contribution in [3.05, 3.63) is 59.1 Å². The number of morpholine rings is 1. The minimum Gasteiger partial charge on any atom is -0.493 e. The highest BCUT2D eigenvalue weighted by Gasteiger charge is 2.16. The second-order valence-electron chi connectivity index (χ2n) is 6.05. The first-order valence-electron chi connectivity index (χ1n) is 9.00. The highest BCUT2D eigenvalue weighted by Crippen LogP contribution is 2.30. The van der Waals surface area contributed by atoms with Crippen LogP contribution in [0, 0.1) is 0 Å². The Morgan fingerprint density at radius 3 is 2.81 bits per heavy atom. The Bertz CT molecular complexity index is 817. The van der Waals surface area contributed by atoms with E-state index in [-0.39, 0.29) is 5.91 Å². The Morgan fingerprint density at radius 1 is 1.26 bits per heavy atom. The molecule has 0 spiro atoms. The molecule has 0 bridgehead atoms. The summed E-state index contributed by atoms with van der Waals surface area (Å²) >= 11 is 6.14. The predicted molar refractivity (Wildman–Crippen MR) is 110 cm³/mol. The van der Waals surface area contributed by atoms with Crippen LogP contribution in [-0.4, -0.2) is 38.8 Å². The first-order chi connectivity index (χ1) is 13.2. The Kier molecular flexibility index (Phi) is 6.74. The minimum absolute atomic E-state index is 0.224. The lowest BCUT2D eigenvalue weighted by atomic mass is 10.2. The number of halogens is 1. The van der Waals surface area contributed by atoms with Gasteiger partial charge in [-0.25, -0.2) is 0 Å². The zero-order valence-electron chi connectivity index (χ0n) is 15.3. The summed E-state index contributed by atoms with van der Waals surface area (Å²) in [6.45, 7) is 5.40. The summed E-state index contributed by atoms with van der Waals surface area (Å²) in [6, 6.07) is 13.1. The van der Waals surface area contributed by atoms with Crippen LogP contribution in [0.15, 0.2) is 48.5 Å². The number of nitrogens with one attached hydrogen (secondary N) is 1. The van der Waals surface area contributed by atoms with Crippen molar-refractivity contribution in [3.63, 3.8) is 0 Å². The van der Waals surface area contributed by atoms with Crippen molar-refractivity contribution >= 4 is 35.0 Å². The summed E-state index contributed by atoms with van der Waals surface area (Å²) < 4.78 is 11.0. The van der Waals surface area contributed by atoms with Crippen molar-refractivity contribution in [2.24, 2.45) is 0 Å². The van der Waals surface area contributed by atoms with Crippen LogP contribution in [0.25, 0.3) is 6.08 Å². The van der Waals surface area contributed by atoms with Gasteiger partial charge in [0.25, 0.3) is 0 Å². The molecule has 1 aliphatic rings. The molecule has 5 nitrogen and oxygen atoms in total. The molecule has 0 aromatic heterocycles. The van der Waals surface area contributed by atoms with Crippen molar-refractivity contribution < 1.29 is 14.3 Å². The fraction of sp³-hybridized carbons (Fsp3) is 0.286. The molecule has 0 unspecified atom stereocenters. The number of nitrogens with zero attached hydrogens (tertiary/aromatic N) is 1. The predicted octanol–water partition coefficient (Wildman–Crippen LogP) is 4.23. The van der Waals surface area contributed by atoms with E-state index in [0.717, 1.165) is 30.1 Å². The van der Waals surface area contributed by atoms with Gasteiger partial charge in [0.2, 0.25) is 5.91 Å². The zero-order valence-corrected chi connectivity index (χ0v) is 16.0. The number of anilines is 2. The minimum atomic E-state index is -0.224. The van der Waals surface area contributed by atoms with E-state index in [1.807, 2.05) is 43.3 Å². The van der Waals surface area contributed by atoms with Gasteiger partial charge < -0.3 is 19.7 Å². The van der Waals surface area contributed by atoms with Gasteiger partial charge in [-0.2, -0.15) is 0 Å². The van der Waals surface area contributed by atoms with Crippen molar-refractivity contribution in [3.8, 4) is 5.75 Å². The average molecular weight is 387 g/mol. The van der Waals surface area contributed by atoms with Gasteiger partial charge in [0.1, 0.15) is 5.75 Å². The third kappa shape index (κ3) is 5.25. The molecule has 1 aliphatic heterocycles. The van der Waals surface area contributed by atoms with E-state index in [9.17, 15) is 4.79 Å². The topological polar surface area (TPSA) is 50.8 Å². The number of hydrogen-bond acceptors (Lipinski definition) is 4. The van der Waals surface area contributed by atoms with Crippen molar-refractivity contribution in [1.82, 2.24) is 0 Å². The lowest BCUT2D eigenvalue weighted by Gasteiger charge is -2.30. The van der Waals surface area contributed by atoms with Crippen molar-refractivity contribution in [1.29, 1.82) is 0 Å². The molecule has 1 saturated heterocycles. The molecule has 6 heteroatoms. The molecule has 0 radical (unpaired) electrons. The molecule has 1 amide bonds. The number of benzene rings is 2. The number of carbonyl (C=O) groups is 1. The van der Waals surface area contributed by atoms with E-state index < -0.39 is 0 Å². The van der Waals surface area contributed by atoms with E-state index in [0.29, 0.717) is 30.5 Å². The van der Waals surface area contributed by atoms with Gasteiger partial charge in [-0.1, -0.05) is 29.8 Å². The third-order valence-electron chi connectivity index (χ3n) is 4.20. The van der Waals surface area contributed by atoms with Crippen LogP contribution in [0.3, 0.4) is 0 Å². The van der Waals surface area contributed by atoms with Crippen LogP contribution in [0.4, 0.5) is 11.4 Å². The van der Waals surface area contributed by atoms with E-state index >= 15 is 0 Å². The second-order valence-corrected chi connectivity index (χ2v) is 6.49. The van der Waals surface area contributed by atoms with Gasteiger partial charge in [-0.15, -0.1) is 0 Å². The summed E-state index contributed by atoms with van der Waals surface area (Å²) in [5, 5.41) is 3.51. The van der Waals surface area contributed by atoms with Gasteiger partial charge in [0, 0.05) is 29.8 Å². The largest absolute Gasteiger partial charge is 0.493 e. The smallest absolute Gasteiger partial charge is 0.248 e. The van der Waals surface area contributed by atoms with E-state index in [1.165, 1.54) is 6.08 Å². The van der Waals surface area contributed by atoms with Crippen LogP contribution < -0.4 is 15.0 Å². The van der Waals surface area contributed by atoms with Gasteiger partial charge in [-0.05, 0) is 37.3 Å². The van der Waals surface area contributed by atoms with Crippen LogP contribution in [0.1, 0.15) is 12.5 Å². The number of para-hydroxylation sites is 1. The average Bonchev–Trinajstić information content (AvgIpc) is 2.68. The second kappa shape index (κ2) is 9.44. The Hall–Kier alpha value is -2.50. The van der Waals surface area contributed by atoms with Crippen LogP contribution in [0.2, 0.25) is 5.02 Å². The number of rotatable bonds is 6. The van der Waals surface area contributed by atoms with E-state index in [2.05, 4.69) is 10.2 Å². The monoisotopic (exact) mass is 386 g/mol. The maximum absolute atomic E-state index is 12.5. The maximum atomic E-state index is 12.5. The molecule has 1 fully saturated rings. The highest BCUT2D eigenvalue weighted by atomic mass is 35.5. The Balaban J connectivity index is 1.75.